The fraction of sp³-hybridized carbons (Fsp3) is 0.0833. The lowest BCUT2D eigenvalue weighted by Gasteiger charge is -2.06. The zero-order chi connectivity index (χ0) is 13.0. The molecule has 0 saturated heterocycles. The molecule has 1 aromatic carbocycles. The SMILES string of the molecule is O=S(=O)(Cl)c1cc(OCc2ccccc2)ccn1. The lowest BCUT2D eigenvalue weighted by atomic mass is 10.2. The zero-order valence-corrected chi connectivity index (χ0v) is 10.9. The molecule has 1 aromatic heterocycles. The topological polar surface area (TPSA) is 56.3 Å². The zero-order valence-electron chi connectivity index (χ0n) is 9.28. The number of pyridine rings is 1. The molecule has 0 amide bonds. The molecular formula is C12H10ClNO3S. The number of halogens is 1. The van der Waals surface area contributed by atoms with Crippen LogP contribution < -0.4 is 4.74 Å². The van der Waals surface area contributed by atoms with E-state index in [1.165, 1.54) is 12.3 Å². The Balaban J connectivity index is 2.11. The van der Waals surface area contributed by atoms with E-state index >= 15 is 0 Å². The summed E-state index contributed by atoms with van der Waals surface area (Å²) < 4.78 is 27.7. The number of ether oxygens (including phenoxy) is 1. The Morgan fingerprint density at radius 1 is 1.17 bits per heavy atom. The summed E-state index contributed by atoms with van der Waals surface area (Å²) in [6.45, 7) is 0.354. The molecule has 6 heteroatoms. The fourth-order valence-corrected chi connectivity index (χ4v) is 2.05. The molecule has 0 atom stereocenters. The quantitative estimate of drug-likeness (QED) is 0.809. The van der Waals surface area contributed by atoms with Gasteiger partial charge in [0.1, 0.15) is 12.4 Å². The highest BCUT2D eigenvalue weighted by molar-refractivity contribution is 8.13. The second-order valence-corrected chi connectivity index (χ2v) is 6.05. The molecule has 0 aliphatic heterocycles. The van der Waals surface area contributed by atoms with Crippen molar-refractivity contribution in [2.24, 2.45) is 0 Å². The molecule has 0 fully saturated rings. The Kier molecular flexibility index (Phi) is 3.84. The molecule has 0 bridgehead atoms. The van der Waals surface area contributed by atoms with E-state index < -0.39 is 9.05 Å². The van der Waals surface area contributed by atoms with E-state index in [4.69, 9.17) is 15.4 Å². The first kappa shape index (κ1) is 12.9. The third-order valence-corrected chi connectivity index (χ3v) is 3.40. The van der Waals surface area contributed by atoms with E-state index in [1.807, 2.05) is 30.3 Å². The molecule has 94 valence electrons. The van der Waals surface area contributed by atoms with E-state index in [0.29, 0.717) is 12.4 Å². The van der Waals surface area contributed by atoms with Crippen LogP contribution in [0.25, 0.3) is 0 Å². The molecular weight excluding hydrogens is 274 g/mol. The van der Waals surface area contributed by atoms with Crippen molar-refractivity contribution in [2.45, 2.75) is 11.6 Å². The van der Waals surface area contributed by atoms with Crippen molar-refractivity contribution in [3.8, 4) is 5.75 Å². The van der Waals surface area contributed by atoms with Crippen molar-refractivity contribution in [3.05, 3.63) is 54.2 Å². The van der Waals surface area contributed by atoms with Gasteiger partial charge >= 0.3 is 0 Å². The number of hydrogen-bond acceptors (Lipinski definition) is 4. The molecule has 2 rings (SSSR count). The van der Waals surface area contributed by atoms with Crippen LogP contribution in [0.1, 0.15) is 5.56 Å². The first-order chi connectivity index (χ1) is 8.55. The minimum atomic E-state index is -3.83. The lowest BCUT2D eigenvalue weighted by Crippen LogP contribution is -1.98. The van der Waals surface area contributed by atoms with Crippen LogP contribution in [-0.2, 0) is 15.7 Å². The predicted molar refractivity (Wildman–Crippen MR) is 68.0 cm³/mol. The maximum absolute atomic E-state index is 11.1. The molecule has 0 unspecified atom stereocenters. The molecule has 0 aliphatic rings. The molecule has 0 N–H and O–H groups in total. The van der Waals surface area contributed by atoms with Crippen LogP contribution in [0.2, 0.25) is 0 Å². The van der Waals surface area contributed by atoms with Crippen LogP contribution in [0.15, 0.2) is 53.7 Å². The summed E-state index contributed by atoms with van der Waals surface area (Å²) in [6, 6.07) is 12.4. The van der Waals surface area contributed by atoms with Crippen LogP contribution in [0.4, 0.5) is 0 Å². The summed E-state index contributed by atoms with van der Waals surface area (Å²) in [6.07, 6.45) is 1.34. The Morgan fingerprint density at radius 2 is 1.89 bits per heavy atom. The Hall–Kier alpha value is -1.59. The maximum atomic E-state index is 11.1. The standard InChI is InChI=1S/C12H10ClNO3S/c13-18(15,16)12-8-11(6-7-14-12)17-9-10-4-2-1-3-5-10/h1-8H,9H2. The van der Waals surface area contributed by atoms with E-state index in [0.717, 1.165) is 5.56 Å². The molecule has 0 aliphatic carbocycles. The van der Waals surface area contributed by atoms with Gasteiger partial charge in [-0.3, -0.25) is 0 Å². The highest BCUT2D eigenvalue weighted by atomic mass is 35.7. The molecule has 0 spiro atoms. The summed E-state index contributed by atoms with van der Waals surface area (Å²) in [5.74, 6) is 0.410. The van der Waals surface area contributed by atoms with Gasteiger partial charge < -0.3 is 4.74 Å². The molecule has 1 heterocycles. The van der Waals surface area contributed by atoms with Gasteiger partial charge in [-0.1, -0.05) is 30.3 Å². The van der Waals surface area contributed by atoms with Gasteiger partial charge in [-0.2, -0.15) is 0 Å². The summed E-state index contributed by atoms with van der Waals surface area (Å²) >= 11 is 0. The molecule has 2 aromatic rings. The van der Waals surface area contributed by atoms with Crippen molar-refractivity contribution < 1.29 is 13.2 Å². The monoisotopic (exact) mass is 283 g/mol. The summed E-state index contributed by atoms with van der Waals surface area (Å²) in [7, 11) is 1.37. The van der Waals surface area contributed by atoms with Crippen LogP contribution >= 0.6 is 10.7 Å². The van der Waals surface area contributed by atoms with Crippen molar-refractivity contribution in [1.82, 2.24) is 4.98 Å². The normalized spacial score (nSPS) is 11.2. The first-order valence-corrected chi connectivity index (χ1v) is 7.44. The van der Waals surface area contributed by atoms with E-state index in [1.54, 1.807) is 6.07 Å². The molecule has 18 heavy (non-hydrogen) atoms. The van der Waals surface area contributed by atoms with Gasteiger partial charge in [0.15, 0.2) is 5.03 Å². The number of benzene rings is 1. The third-order valence-electron chi connectivity index (χ3n) is 2.20. The number of rotatable bonds is 4. The van der Waals surface area contributed by atoms with Gasteiger partial charge in [-0.05, 0) is 11.6 Å². The second kappa shape index (κ2) is 5.37. The molecule has 4 nitrogen and oxygen atoms in total. The minimum absolute atomic E-state index is 0.213. The fourth-order valence-electron chi connectivity index (χ4n) is 1.36. The van der Waals surface area contributed by atoms with Gasteiger partial charge in [-0.25, -0.2) is 13.4 Å². The van der Waals surface area contributed by atoms with Gasteiger partial charge in [0.05, 0.1) is 0 Å². The first-order valence-electron chi connectivity index (χ1n) is 5.13. The van der Waals surface area contributed by atoms with Crippen LogP contribution in [-0.4, -0.2) is 13.4 Å². The third kappa shape index (κ3) is 3.45. The Labute approximate surface area is 110 Å². The van der Waals surface area contributed by atoms with E-state index in [9.17, 15) is 8.42 Å². The lowest BCUT2D eigenvalue weighted by molar-refractivity contribution is 0.305. The summed E-state index contributed by atoms with van der Waals surface area (Å²) in [5, 5.41) is -0.213. The van der Waals surface area contributed by atoms with Crippen LogP contribution in [0, 0.1) is 0 Å². The van der Waals surface area contributed by atoms with Crippen molar-refractivity contribution in [1.29, 1.82) is 0 Å². The highest BCUT2D eigenvalue weighted by Crippen LogP contribution is 2.18. The predicted octanol–water partition coefficient (Wildman–Crippen LogP) is 2.59. The second-order valence-electron chi connectivity index (χ2n) is 3.54. The van der Waals surface area contributed by atoms with E-state index in [2.05, 4.69) is 4.98 Å². The maximum Gasteiger partial charge on any atom is 0.278 e. The highest BCUT2D eigenvalue weighted by Gasteiger charge is 2.12. The van der Waals surface area contributed by atoms with Crippen molar-refractivity contribution in [3.63, 3.8) is 0 Å². The number of nitrogens with zero attached hydrogens (tertiary/aromatic N) is 1. The number of aromatic nitrogens is 1. The summed E-state index contributed by atoms with van der Waals surface area (Å²) in [4.78, 5) is 3.67. The molecule has 0 saturated carbocycles. The van der Waals surface area contributed by atoms with Crippen LogP contribution in [0.3, 0.4) is 0 Å². The van der Waals surface area contributed by atoms with Gasteiger partial charge in [0, 0.05) is 22.9 Å². The van der Waals surface area contributed by atoms with Gasteiger partial charge in [0.2, 0.25) is 0 Å². The van der Waals surface area contributed by atoms with Gasteiger partial charge in [-0.15, -0.1) is 0 Å². The molecule has 0 radical (unpaired) electrons. The average molecular weight is 284 g/mol. The van der Waals surface area contributed by atoms with Crippen molar-refractivity contribution >= 4 is 19.7 Å². The Bertz CT molecular complexity index is 629. The number of hydrogen-bond donors (Lipinski definition) is 0. The van der Waals surface area contributed by atoms with E-state index in [-0.39, 0.29) is 5.03 Å². The summed E-state index contributed by atoms with van der Waals surface area (Å²) in [5.41, 5.74) is 0.990. The van der Waals surface area contributed by atoms with Gasteiger partial charge in [0.25, 0.3) is 9.05 Å². The Morgan fingerprint density at radius 3 is 2.56 bits per heavy atom. The van der Waals surface area contributed by atoms with Crippen LogP contribution in [0.5, 0.6) is 5.75 Å². The average Bonchev–Trinajstić information content (AvgIpc) is 2.37. The van der Waals surface area contributed by atoms with Crippen molar-refractivity contribution in [2.75, 3.05) is 0 Å². The largest absolute Gasteiger partial charge is 0.489 e. The smallest absolute Gasteiger partial charge is 0.278 e. The minimum Gasteiger partial charge on any atom is -0.489 e.